The first kappa shape index (κ1) is 11.9. The number of furan rings is 1. The summed E-state index contributed by atoms with van der Waals surface area (Å²) in [6.07, 6.45) is 3.27. The summed E-state index contributed by atoms with van der Waals surface area (Å²) in [4.78, 5) is 25.4. The van der Waals surface area contributed by atoms with Gasteiger partial charge in [-0.15, -0.1) is 11.8 Å². The molecule has 0 N–H and O–H groups in total. The second-order valence-electron chi connectivity index (χ2n) is 2.93. The number of nitro groups is 1. The maximum Gasteiger partial charge on any atom is 0.433 e. The second kappa shape index (κ2) is 4.76. The highest BCUT2D eigenvalue weighted by Gasteiger charge is 2.22. The monoisotopic (exact) mass is 270 g/mol. The molecule has 2 heterocycles. The van der Waals surface area contributed by atoms with Crippen LogP contribution >= 0.6 is 23.5 Å². The zero-order chi connectivity index (χ0) is 12.4. The number of hydrogen-bond acceptors (Lipinski definition) is 6. The van der Waals surface area contributed by atoms with E-state index >= 15 is 0 Å². The summed E-state index contributed by atoms with van der Waals surface area (Å²) in [6.45, 7) is 0. The summed E-state index contributed by atoms with van der Waals surface area (Å²) in [5.41, 5.74) is 0. The third-order valence-corrected chi connectivity index (χ3v) is 3.81. The first-order chi connectivity index (χ1) is 8.10. The van der Waals surface area contributed by atoms with E-state index in [4.69, 9.17) is 4.42 Å². The maximum absolute atomic E-state index is 11.4. The van der Waals surface area contributed by atoms with E-state index in [9.17, 15) is 14.9 Å². The Hall–Kier alpha value is -1.54. The minimum absolute atomic E-state index is 0.269. The van der Waals surface area contributed by atoms with Gasteiger partial charge in [-0.3, -0.25) is 14.9 Å². The number of carbonyl (C=O) groups excluding carboxylic acids is 1. The highest BCUT2D eigenvalue weighted by Crippen LogP contribution is 2.33. The van der Waals surface area contributed by atoms with Crippen molar-refractivity contribution in [2.75, 3.05) is 6.26 Å². The SMILES string of the molecule is CSC1=NC(=O)/C(=C\c2ccc([N+](=O)[O-])o2)S1. The fraction of sp³-hybridized carbons (Fsp3) is 0.111. The van der Waals surface area contributed by atoms with Gasteiger partial charge in [0.2, 0.25) is 0 Å². The van der Waals surface area contributed by atoms with E-state index in [2.05, 4.69) is 4.99 Å². The lowest BCUT2D eigenvalue weighted by Gasteiger charge is -1.91. The Balaban J connectivity index is 2.20. The second-order valence-corrected chi connectivity index (χ2v) is 5.01. The number of amides is 1. The smallest absolute Gasteiger partial charge is 0.401 e. The molecule has 1 aliphatic heterocycles. The van der Waals surface area contributed by atoms with Gasteiger partial charge in [-0.05, 0) is 12.3 Å². The predicted octanol–water partition coefficient (Wildman–Crippen LogP) is 2.52. The summed E-state index contributed by atoms with van der Waals surface area (Å²) in [5, 5.41) is 10.4. The number of aliphatic imine (C=N–C) groups is 1. The Kier molecular flexibility index (Phi) is 3.34. The van der Waals surface area contributed by atoms with E-state index in [0.29, 0.717) is 9.28 Å². The third-order valence-electron chi connectivity index (χ3n) is 1.84. The Bertz CT molecular complexity index is 547. The number of carbonyl (C=O) groups is 1. The van der Waals surface area contributed by atoms with Gasteiger partial charge in [-0.1, -0.05) is 11.8 Å². The number of rotatable bonds is 2. The predicted molar refractivity (Wildman–Crippen MR) is 66.9 cm³/mol. The maximum atomic E-state index is 11.4. The van der Waals surface area contributed by atoms with Gasteiger partial charge in [0.1, 0.15) is 15.1 Å². The molecule has 0 unspecified atom stereocenters. The zero-order valence-corrected chi connectivity index (χ0v) is 10.2. The molecule has 2 rings (SSSR count). The van der Waals surface area contributed by atoms with E-state index < -0.39 is 4.92 Å². The minimum Gasteiger partial charge on any atom is -0.401 e. The van der Waals surface area contributed by atoms with Gasteiger partial charge in [0.05, 0.1) is 11.0 Å². The molecular weight excluding hydrogens is 264 g/mol. The third kappa shape index (κ3) is 2.59. The van der Waals surface area contributed by atoms with Gasteiger partial charge in [0, 0.05) is 6.08 Å². The molecule has 0 saturated carbocycles. The van der Waals surface area contributed by atoms with Gasteiger partial charge in [0.15, 0.2) is 0 Å². The molecule has 0 saturated heterocycles. The zero-order valence-electron chi connectivity index (χ0n) is 8.58. The van der Waals surface area contributed by atoms with Crippen LogP contribution in [0.25, 0.3) is 6.08 Å². The van der Waals surface area contributed by atoms with Gasteiger partial charge >= 0.3 is 5.88 Å². The summed E-state index contributed by atoms with van der Waals surface area (Å²) in [7, 11) is 0. The molecule has 0 fully saturated rings. The summed E-state index contributed by atoms with van der Waals surface area (Å²) >= 11 is 2.60. The lowest BCUT2D eigenvalue weighted by atomic mass is 10.4. The standard InChI is InChI=1S/C9H6N2O4S2/c1-16-9-10-8(12)6(17-9)4-5-2-3-7(15-5)11(13)14/h2-4H,1H3/b6-4+. The molecule has 1 amide bonds. The molecule has 6 nitrogen and oxygen atoms in total. The molecule has 0 atom stereocenters. The highest BCUT2D eigenvalue weighted by molar-refractivity contribution is 8.40. The largest absolute Gasteiger partial charge is 0.433 e. The van der Waals surface area contributed by atoms with Gasteiger partial charge in [-0.25, -0.2) is 0 Å². The summed E-state index contributed by atoms with van der Waals surface area (Å²) in [6, 6.07) is 2.68. The molecule has 17 heavy (non-hydrogen) atoms. The molecule has 1 aromatic rings. The normalized spacial score (nSPS) is 17.6. The van der Waals surface area contributed by atoms with E-state index in [1.54, 1.807) is 0 Å². The van der Waals surface area contributed by atoms with Gasteiger partial charge in [-0.2, -0.15) is 4.99 Å². The molecule has 0 radical (unpaired) electrons. The highest BCUT2D eigenvalue weighted by atomic mass is 32.2. The number of thioether (sulfide) groups is 2. The summed E-state index contributed by atoms with van der Waals surface area (Å²) in [5.74, 6) is -0.429. The minimum atomic E-state index is -0.630. The fourth-order valence-corrected chi connectivity index (χ4v) is 2.53. The van der Waals surface area contributed by atoms with Crippen molar-refractivity contribution in [3.05, 3.63) is 32.9 Å². The topological polar surface area (TPSA) is 85.7 Å². The molecular formula is C9H6N2O4S2. The molecule has 0 spiro atoms. The quantitative estimate of drug-likeness (QED) is 0.466. The molecule has 1 aromatic heterocycles. The lowest BCUT2D eigenvalue weighted by Crippen LogP contribution is -1.87. The number of nitrogens with zero attached hydrogens (tertiary/aromatic N) is 2. The van der Waals surface area contributed by atoms with Crippen molar-refractivity contribution in [2.24, 2.45) is 4.99 Å². The van der Waals surface area contributed by atoms with Crippen LogP contribution < -0.4 is 0 Å². The van der Waals surface area contributed by atoms with Crippen LogP contribution in [0.2, 0.25) is 0 Å². The van der Waals surface area contributed by atoms with Crippen LogP contribution in [0, 0.1) is 10.1 Å². The van der Waals surface area contributed by atoms with Crippen molar-refractivity contribution in [3.8, 4) is 0 Å². The molecule has 88 valence electrons. The van der Waals surface area contributed by atoms with Crippen LogP contribution in [-0.4, -0.2) is 21.5 Å². The molecule has 0 aromatic carbocycles. The van der Waals surface area contributed by atoms with Crippen molar-refractivity contribution >= 4 is 45.8 Å². The fourth-order valence-electron chi connectivity index (χ4n) is 1.12. The van der Waals surface area contributed by atoms with Crippen molar-refractivity contribution in [3.63, 3.8) is 0 Å². The van der Waals surface area contributed by atoms with E-state index in [-0.39, 0.29) is 17.6 Å². The lowest BCUT2D eigenvalue weighted by molar-refractivity contribution is -0.402. The van der Waals surface area contributed by atoms with Crippen LogP contribution in [0.4, 0.5) is 5.88 Å². The van der Waals surface area contributed by atoms with Gasteiger partial charge in [0.25, 0.3) is 5.91 Å². The van der Waals surface area contributed by atoms with E-state index in [1.807, 2.05) is 6.26 Å². The van der Waals surface area contributed by atoms with E-state index in [0.717, 1.165) is 0 Å². The molecule has 0 aliphatic carbocycles. The Morgan fingerprint density at radius 1 is 1.59 bits per heavy atom. The van der Waals surface area contributed by atoms with Crippen molar-refractivity contribution in [1.29, 1.82) is 0 Å². The first-order valence-corrected chi connectivity index (χ1v) is 6.45. The average molecular weight is 270 g/mol. The van der Waals surface area contributed by atoms with Crippen molar-refractivity contribution < 1.29 is 14.1 Å². The van der Waals surface area contributed by atoms with Crippen molar-refractivity contribution in [1.82, 2.24) is 0 Å². The van der Waals surface area contributed by atoms with E-state index in [1.165, 1.54) is 41.7 Å². The first-order valence-electron chi connectivity index (χ1n) is 4.41. The number of hydrogen-bond donors (Lipinski definition) is 0. The van der Waals surface area contributed by atoms with Crippen LogP contribution in [-0.2, 0) is 4.79 Å². The van der Waals surface area contributed by atoms with Crippen LogP contribution in [0.1, 0.15) is 5.76 Å². The van der Waals surface area contributed by atoms with Crippen molar-refractivity contribution in [2.45, 2.75) is 0 Å². The Morgan fingerprint density at radius 2 is 2.35 bits per heavy atom. The van der Waals surface area contributed by atoms with Crippen LogP contribution in [0.3, 0.4) is 0 Å². The van der Waals surface area contributed by atoms with Crippen LogP contribution in [0.5, 0.6) is 0 Å². The Morgan fingerprint density at radius 3 is 2.88 bits per heavy atom. The molecule has 1 aliphatic rings. The van der Waals surface area contributed by atoms with Gasteiger partial charge < -0.3 is 4.42 Å². The van der Waals surface area contributed by atoms with Crippen LogP contribution in [0.15, 0.2) is 26.4 Å². The summed E-state index contributed by atoms with van der Waals surface area (Å²) < 4.78 is 5.58. The molecule has 8 heteroatoms. The average Bonchev–Trinajstić information content (AvgIpc) is 2.87. The Labute approximate surface area is 104 Å². The molecule has 0 bridgehead atoms.